The van der Waals surface area contributed by atoms with E-state index in [1.54, 1.807) is 0 Å². The highest BCUT2D eigenvalue weighted by Crippen LogP contribution is 2.19. The molecule has 74 valence electrons. The van der Waals surface area contributed by atoms with Crippen LogP contribution in [0.1, 0.15) is 12.8 Å². The molecule has 0 heterocycles. The first-order valence-electron chi connectivity index (χ1n) is 4.57. The number of anilines is 1. The summed E-state index contributed by atoms with van der Waals surface area (Å²) in [4.78, 5) is 0. The molecule has 2 nitrogen and oxygen atoms in total. The molecule has 0 saturated heterocycles. The summed E-state index contributed by atoms with van der Waals surface area (Å²) in [6.07, 6.45) is 2.45. The van der Waals surface area contributed by atoms with Crippen LogP contribution in [0.15, 0.2) is 24.3 Å². The summed E-state index contributed by atoms with van der Waals surface area (Å²) in [5.74, 6) is 0. The standard InChI is InChI=1S/C10H11ClN2S/c11-7-1-3-8(4-2-7)12-10(14)13-9-5-6-9/h1-4,9H,5-6H2,(H2,12,13,14). The SMILES string of the molecule is S=C(Nc1ccc(Cl)cc1)NC1CC1. The summed E-state index contributed by atoms with van der Waals surface area (Å²) >= 11 is 10.9. The van der Waals surface area contributed by atoms with Gasteiger partial charge in [-0.05, 0) is 49.3 Å². The molecule has 0 aliphatic heterocycles. The van der Waals surface area contributed by atoms with Gasteiger partial charge in [0.25, 0.3) is 0 Å². The van der Waals surface area contributed by atoms with Crippen molar-refractivity contribution in [1.29, 1.82) is 0 Å². The van der Waals surface area contributed by atoms with E-state index in [0.29, 0.717) is 11.2 Å². The Kier molecular flexibility index (Phi) is 2.89. The van der Waals surface area contributed by atoms with E-state index in [1.165, 1.54) is 12.8 Å². The smallest absolute Gasteiger partial charge is 0.170 e. The maximum atomic E-state index is 5.77. The molecule has 1 saturated carbocycles. The van der Waals surface area contributed by atoms with Gasteiger partial charge >= 0.3 is 0 Å². The number of rotatable bonds is 2. The van der Waals surface area contributed by atoms with Gasteiger partial charge in [-0.3, -0.25) is 0 Å². The zero-order chi connectivity index (χ0) is 9.97. The zero-order valence-electron chi connectivity index (χ0n) is 7.59. The number of nitrogens with one attached hydrogen (secondary N) is 2. The highest BCUT2D eigenvalue weighted by Gasteiger charge is 2.21. The third kappa shape index (κ3) is 2.86. The van der Waals surface area contributed by atoms with Crippen LogP contribution in [-0.4, -0.2) is 11.2 Å². The normalized spacial score (nSPS) is 14.9. The van der Waals surface area contributed by atoms with Crippen LogP contribution in [-0.2, 0) is 0 Å². The van der Waals surface area contributed by atoms with E-state index in [9.17, 15) is 0 Å². The molecule has 0 bridgehead atoms. The van der Waals surface area contributed by atoms with E-state index in [-0.39, 0.29) is 0 Å². The van der Waals surface area contributed by atoms with Crippen molar-refractivity contribution < 1.29 is 0 Å². The Balaban J connectivity index is 1.89. The van der Waals surface area contributed by atoms with Gasteiger partial charge in [-0.25, -0.2) is 0 Å². The minimum atomic E-state index is 0.585. The van der Waals surface area contributed by atoms with Crippen molar-refractivity contribution in [2.45, 2.75) is 18.9 Å². The van der Waals surface area contributed by atoms with Gasteiger partial charge in [-0.1, -0.05) is 11.6 Å². The van der Waals surface area contributed by atoms with Gasteiger partial charge in [0, 0.05) is 16.8 Å². The predicted molar refractivity (Wildman–Crippen MR) is 63.8 cm³/mol. The molecule has 1 fully saturated rings. The van der Waals surface area contributed by atoms with E-state index < -0.39 is 0 Å². The molecule has 0 atom stereocenters. The van der Waals surface area contributed by atoms with Crippen molar-refractivity contribution >= 4 is 34.6 Å². The van der Waals surface area contributed by atoms with Crippen LogP contribution in [0.5, 0.6) is 0 Å². The third-order valence-corrected chi connectivity index (χ3v) is 2.49. The molecular weight excluding hydrogens is 216 g/mol. The Morgan fingerprint density at radius 3 is 2.50 bits per heavy atom. The number of hydrogen-bond acceptors (Lipinski definition) is 1. The van der Waals surface area contributed by atoms with Gasteiger partial charge in [-0.15, -0.1) is 0 Å². The molecule has 0 aromatic heterocycles. The van der Waals surface area contributed by atoms with Crippen LogP contribution in [0, 0.1) is 0 Å². The summed E-state index contributed by atoms with van der Waals surface area (Å²) in [5.41, 5.74) is 0.965. The Labute approximate surface area is 93.6 Å². The van der Waals surface area contributed by atoms with Gasteiger partial charge in [0.2, 0.25) is 0 Å². The maximum absolute atomic E-state index is 5.77. The van der Waals surface area contributed by atoms with E-state index in [4.69, 9.17) is 23.8 Å². The second-order valence-electron chi connectivity index (χ2n) is 3.38. The third-order valence-electron chi connectivity index (χ3n) is 2.01. The summed E-state index contributed by atoms with van der Waals surface area (Å²) in [7, 11) is 0. The van der Waals surface area contributed by atoms with Crippen LogP contribution in [0.3, 0.4) is 0 Å². The number of halogens is 1. The fourth-order valence-corrected chi connectivity index (χ4v) is 1.52. The minimum Gasteiger partial charge on any atom is -0.360 e. The highest BCUT2D eigenvalue weighted by molar-refractivity contribution is 7.80. The lowest BCUT2D eigenvalue weighted by atomic mass is 10.3. The summed E-state index contributed by atoms with van der Waals surface area (Å²) < 4.78 is 0. The van der Waals surface area contributed by atoms with Gasteiger partial charge in [0.05, 0.1) is 0 Å². The molecule has 1 aliphatic carbocycles. The first kappa shape index (κ1) is 9.74. The average Bonchev–Trinajstić information content (AvgIpc) is 2.93. The Morgan fingerprint density at radius 2 is 1.93 bits per heavy atom. The van der Waals surface area contributed by atoms with Crippen LogP contribution < -0.4 is 10.6 Å². The van der Waals surface area contributed by atoms with E-state index >= 15 is 0 Å². The first-order chi connectivity index (χ1) is 6.74. The van der Waals surface area contributed by atoms with Crippen molar-refractivity contribution in [3.05, 3.63) is 29.3 Å². The van der Waals surface area contributed by atoms with Crippen LogP contribution in [0.2, 0.25) is 5.02 Å². The van der Waals surface area contributed by atoms with E-state index in [1.807, 2.05) is 24.3 Å². The predicted octanol–water partition coefficient (Wildman–Crippen LogP) is 2.79. The zero-order valence-corrected chi connectivity index (χ0v) is 9.16. The minimum absolute atomic E-state index is 0.585. The molecule has 0 radical (unpaired) electrons. The van der Waals surface area contributed by atoms with E-state index in [2.05, 4.69) is 10.6 Å². The molecule has 1 aromatic rings. The van der Waals surface area contributed by atoms with Crippen LogP contribution in [0.4, 0.5) is 5.69 Å². The lowest BCUT2D eigenvalue weighted by molar-refractivity contribution is 0.919. The lowest BCUT2D eigenvalue weighted by Crippen LogP contribution is -2.30. The average molecular weight is 227 g/mol. The van der Waals surface area contributed by atoms with Crippen LogP contribution in [0.25, 0.3) is 0 Å². The molecule has 0 unspecified atom stereocenters. The molecule has 0 spiro atoms. The second-order valence-corrected chi connectivity index (χ2v) is 4.22. The summed E-state index contributed by atoms with van der Waals surface area (Å²) in [6.45, 7) is 0. The van der Waals surface area contributed by atoms with E-state index in [0.717, 1.165) is 10.7 Å². The number of thiocarbonyl (C=S) groups is 1. The Bertz CT molecular complexity index is 332. The van der Waals surface area contributed by atoms with Crippen molar-refractivity contribution in [2.75, 3.05) is 5.32 Å². The highest BCUT2D eigenvalue weighted by atomic mass is 35.5. The molecule has 2 N–H and O–H groups in total. The van der Waals surface area contributed by atoms with Crippen molar-refractivity contribution in [3.63, 3.8) is 0 Å². The molecule has 4 heteroatoms. The molecular formula is C10H11ClN2S. The number of hydrogen-bond donors (Lipinski definition) is 2. The largest absolute Gasteiger partial charge is 0.360 e. The topological polar surface area (TPSA) is 24.1 Å². The molecule has 1 aromatic carbocycles. The maximum Gasteiger partial charge on any atom is 0.170 e. The fraction of sp³-hybridized carbons (Fsp3) is 0.300. The van der Waals surface area contributed by atoms with Crippen molar-refractivity contribution in [3.8, 4) is 0 Å². The fourth-order valence-electron chi connectivity index (χ4n) is 1.11. The molecule has 14 heavy (non-hydrogen) atoms. The Morgan fingerprint density at radius 1 is 1.29 bits per heavy atom. The monoisotopic (exact) mass is 226 g/mol. The first-order valence-corrected chi connectivity index (χ1v) is 5.36. The van der Waals surface area contributed by atoms with Gasteiger partial charge in [0.1, 0.15) is 0 Å². The van der Waals surface area contributed by atoms with Crippen molar-refractivity contribution in [1.82, 2.24) is 5.32 Å². The molecule has 1 aliphatic rings. The quantitative estimate of drug-likeness (QED) is 0.759. The van der Waals surface area contributed by atoms with Gasteiger partial charge < -0.3 is 10.6 Å². The Hall–Kier alpha value is -0.800. The second kappa shape index (κ2) is 4.15. The summed E-state index contributed by atoms with van der Waals surface area (Å²) in [5, 5.41) is 7.73. The van der Waals surface area contributed by atoms with Gasteiger partial charge in [-0.2, -0.15) is 0 Å². The lowest BCUT2D eigenvalue weighted by Gasteiger charge is -2.09. The van der Waals surface area contributed by atoms with Crippen LogP contribution >= 0.6 is 23.8 Å². The molecule has 0 amide bonds. The van der Waals surface area contributed by atoms with Gasteiger partial charge in [0.15, 0.2) is 5.11 Å². The molecule has 2 rings (SSSR count). The summed E-state index contributed by atoms with van der Waals surface area (Å²) in [6, 6.07) is 8.07. The number of benzene rings is 1. The van der Waals surface area contributed by atoms with Crippen molar-refractivity contribution in [2.24, 2.45) is 0 Å².